The molecular weight excluding hydrogens is 558 g/mol. The molecule has 0 spiro atoms. The second kappa shape index (κ2) is 14.5. The Morgan fingerprint density at radius 3 is 2.52 bits per heavy atom. The average molecular weight is 598 g/mol. The van der Waals surface area contributed by atoms with Crippen LogP contribution in [0.3, 0.4) is 0 Å². The molecule has 0 saturated carbocycles. The maximum atomic E-state index is 13.6. The van der Waals surface area contributed by atoms with E-state index in [0.29, 0.717) is 42.0 Å². The number of carbonyl (C=O) groups is 2. The monoisotopic (exact) mass is 597 g/mol. The molecule has 2 atom stereocenters. The van der Waals surface area contributed by atoms with E-state index in [-0.39, 0.29) is 24.4 Å². The normalized spacial score (nSPS) is 16.7. The van der Waals surface area contributed by atoms with E-state index in [9.17, 15) is 28.9 Å². The summed E-state index contributed by atoms with van der Waals surface area (Å²) in [5, 5.41) is 29.7. The highest BCUT2D eigenvalue weighted by Gasteiger charge is 2.28. The number of benzene rings is 2. The standard InChI is InChI=1S/C30H39N5O6S/c1-2-33-25-14-23(15-26(16-25)35-10-6-7-11-42(35,40)41)29(37)34-27(13-21-8-4-3-5-9-21)28(36)20-32-18-22-12-24(30(38)39)19-31-17-22/h3-5,8-9,12,14-17,19,27-28,32-33,36,40-41H,2,6-7,10-11,13,18,20H2,1H3,(H,34,37)(H,38,39)/t27-,28+/m0/s1. The number of aromatic carboxylic acids is 1. The van der Waals surface area contributed by atoms with E-state index in [4.69, 9.17) is 0 Å². The number of hydrogen-bond acceptors (Lipinski definition) is 9. The van der Waals surface area contributed by atoms with Crippen LogP contribution in [0.4, 0.5) is 11.4 Å². The second-order valence-electron chi connectivity index (χ2n) is 10.3. The minimum absolute atomic E-state index is 0.0778. The maximum Gasteiger partial charge on any atom is 0.337 e. The Morgan fingerprint density at radius 2 is 1.81 bits per heavy atom. The van der Waals surface area contributed by atoms with Gasteiger partial charge in [0.2, 0.25) is 0 Å². The number of carboxylic acids is 1. The summed E-state index contributed by atoms with van der Waals surface area (Å²) in [7, 11) is -2.98. The zero-order chi connectivity index (χ0) is 30.1. The summed E-state index contributed by atoms with van der Waals surface area (Å²) in [5.41, 5.74) is 3.23. The number of nitrogens with zero attached hydrogens (tertiary/aromatic N) is 2. The van der Waals surface area contributed by atoms with Crippen molar-refractivity contribution in [3.63, 3.8) is 0 Å². The molecule has 1 aromatic heterocycles. The molecule has 12 heteroatoms. The molecule has 0 unspecified atom stereocenters. The van der Waals surface area contributed by atoms with Crippen molar-refractivity contribution in [2.24, 2.45) is 0 Å². The van der Waals surface area contributed by atoms with E-state index in [2.05, 4.69) is 20.9 Å². The van der Waals surface area contributed by atoms with Crippen LogP contribution < -0.4 is 20.3 Å². The van der Waals surface area contributed by atoms with Gasteiger partial charge in [-0.25, -0.2) is 4.79 Å². The van der Waals surface area contributed by atoms with Crippen molar-refractivity contribution in [2.75, 3.05) is 35.0 Å². The molecule has 1 aliphatic heterocycles. The quantitative estimate of drug-likeness (QED) is 0.153. The first-order valence-corrected chi connectivity index (χ1v) is 15.7. The van der Waals surface area contributed by atoms with Gasteiger partial charge in [-0.15, -0.1) is 10.8 Å². The molecule has 1 fully saturated rings. The lowest BCUT2D eigenvalue weighted by Gasteiger charge is -2.47. The zero-order valence-electron chi connectivity index (χ0n) is 23.6. The number of rotatable bonds is 13. The lowest BCUT2D eigenvalue weighted by Crippen LogP contribution is -2.48. The van der Waals surface area contributed by atoms with Crippen molar-refractivity contribution < 1.29 is 28.9 Å². The molecule has 7 N–H and O–H groups in total. The number of pyridine rings is 1. The molecule has 1 aliphatic rings. The summed E-state index contributed by atoms with van der Waals surface area (Å²) < 4.78 is 23.0. The van der Waals surface area contributed by atoms with Gasteiger partial charge in [-0.1, -0.05) is 30.3 Å². The topological polar surface area (TPSA) is 167 Å². The molecule has 0 bridgehead atoms. The first-order chi connectivity index (χ1) is 20.2. The van der Waals surface area contributed by atoms with Crippen LogP contribution in [-0.2, 0) is 13.0 Å². The lowest BCUT2D eigenvalue weighted by molar-refractivity contribution is 0.0696. The second-order valence-corrected chi connectivity index (χ2v) is 12.4. The van der Waals surface area contributed by atoms with E-state index in [1.165, 1.54) is 12.3 Å². The minimum Gasteiger partial charge on any atom is -0.478 e. The van der Waals surface area contributed by atoms with Crippen molar-refractivity contribution >= 4 is 34.0 Å². The molecule has 4 rings (SSSR count). The molecule has 0 radical (unpaired) electrons. The van der Waals surface area contributed by atoms with Gasteiger partial charge in [-0.2, -0.15) is 0 Å². The highest BCUT2D eigenvalue weighted by molar-refractivity contribution is 8.25. The van der Waals surface area contributed by atoms with Gasteiger partial charge in [0, 0.05) is 49.8 Å². The average Bonchev–Trinajstić information content (AvgIpc) is 2.97. The predicted molar refractivity (Wildman–Crippen MR) is 165 cm³/mol. The van der Waals surface area contributed by atoms with Gasteiger partial charge < -0.3 is 26.2 Å². The van der Waals surface area contributed by atoms with E-state index < -0.39 is 34.8 Å². The molecule has 1 saturated heterocycles. The predicted octanol–water partition coefficient (Wildman–Crippen LogP) is 3.97. The number of carbonyl (C=O) groups excluding carboxylic acids is 1. The van der Waals surface area contributed by atoms with Crippen LogP contribution in [0.25, 0.3) is 0 Å². The zero-order valence-corrected chi connectivity index (χ0v) is 24.4. The summed E-state index contributed by atoms with van der Waals surface area (Å²) in [6.07, 6.45) is 3.77. The number of anilines is 2. The Bertz CT molecular complexity index is 1360. The fourth-order valence-corrected chi connectivity index (χ4v) is 6.59. The molecule has 42 heavy (non-hydrogen) atoms. The third kappa shape index (κ3) is 8.43. The summed E-state index contributed by atoms with van der Waals surface area (Å²) in [4.78, 5) is 28.8. The van der Waals surface area contributed by atoms with Crippen molar-refractivity contribution in [3.05, 3.63) is 89.2 Å². The fraction of sp³-hybridized carbons (Fsp3) is 0.367. The number of aliphatic hydroxyl groups excluding tert-OH is 1. The van der Waals surface area contributed by atoms with Gasteiger partial charge in [0.1, 0.15) is 0 Å². The van der Waals surface area contributed by atoms with E-state index in [1.807, 2.05) is 43.3 Å². The minimum atomic E-state index is -2.98. The number of amides is 1. The van der Waals surface area contributed by atoms with Gasteiger partial charge in [0.05, 0.1) is 29.1 Å². The molecule has 1 amide bonds. The molecule has 2 aromatic carbocycles. The molecule has 2 heterocycles. The van der Waals surface area contributed by atoms with Crippen LogP contribution in [0.2, 0.25) is 0 Å². The Labute approximate surface area is 247 Å². The lowest BCUT2D eigenvalue weighted by atomic mass is 10.00. The van der Waals surface area contributed by atoms with Gasteiger partial charge in [0.25, 0.3) is 5.91 Å². The van der Waals surface area contributed by atoms with Gasteiger partial charge >= 0.3 is 5.97 Å². The number of nitrogens with one attached hydrogen (secondary N) is 3. The first kappa shape index (κ1) is 31.3. The number of carboxylic acid groups (broad SMARTS) is 1. The van der Waals surface area contributed by atoms with E-state index in [0.717, 1.165) is 18.4 Å². The van der Waals surface area contributed by atoms with Crippen molar-refractivity contribution in [2.45, 2.75) is 44.9 Å². The van der Waals surface area contributed by atoms with Crippen LogP contribution in [0.5, 0.6) is 0 Å². The molecule has 11 nitrogen and oxygen atoms in total. The smallest absolute Gasteiger partial charge is 0.337 e. The van der Waals surface area contributed by atoms with Gasteiger partial charge in [-0.05, 0) is 61.6 Å². The SMILES string of the molecule is CCNc1cc(C(=O)N[C@@H](Cc2ccccc2)[C@H](O)CNCc2cncc(C(=O)O)c2)cc(N2CCCCS2(O)O)c1. The Balaban J connectivity index is 1.52. The van der Waals surface area contributed by atoms with Gasteiger partial charge in [0.15, 0.2) is 0 Å². The third-order valence-electron chi connectivity index (χ3n) is 7.04. The Morgan fingerprint density at radius 1 is 1.02 bits per heavy atom. The van der Waals surface area contributed by atoms with Crippen molar-refractivity contribution in [1.29, 1.82) is 0 Å². The Kier molecular flexibility index (Phi) is 10.8. The Hall–Kier alpha value is -3.68. The van der Waals surface area contributed by atoms with Crippen LogP contribution in [-0.4, -0.2) is 73.7 Å². The van der Waals surface area contributed by atoms with E-state index in [1.54, 1.807) is 22.6 Å². The van der Waals surface area contributed by atoms with Crippen LogP contribution in [0, 0.1) is 0 Å². The largest absolute Gasteiger partial charge is 0.478 e. The fourth-order valence-electron chi connectivity index (χ4n) is 4.91. The molecule has 3 aromatic rings. The summed E-state index contributed by atoms with van der Waals surface area (Å²) >= 11 is 0. The van der Waals surface area contributed by atoms with E-state index >= 15 is 0 Å². The highest BCUT2D eigenvalue weighted by Crippen LogP contribution is 2.50. The summed E-state index contributed by atoms with van der Waals surface area (Å²) in [6, 6.07) is 15.6. The van der Waals surface area contributed by atoms with Crippen molar-refractivity contribution in [1.82, 2.24) is 15.6 Å². The highest BCUT2D eigenvalue weighted by atomic mass is 32.3. The van der Waals surface area contributed by atoms with Crippen LogP contribution >= 0.6 is 10.8 Å². The summed E-state index contributed by atoms with van der Waals surface area (Å²) in [6.45, 7) is 3.45. The van der Waals surface area contributed by atoms with Crippen LogP contribution in [0.15, 0.2) is 67.0 Å². The van der Waals surface area contributed by atoms with Crippen molar-refractivity contribution in [3.8, 4) is 0 Å². The molecule has 226 valence electrons. The third-order valence-corrected chi connectivity index (χ3v) is 8.97. The summed E-state index contributed by atoms with van der Waals surface area (Å²) in [5.74, 6) is -1.18. The number of aromatic nitrogens is 1. The number of aliphatic hydroxyl groups is 1. The van der Waals surface area contributed by atoms with Crippen LogP contribution in [0.1, 0.15) is 51.6 Å². The first-order valence-electron chi connectivity index (χ1n) is 14.0. The molecular formula is C30H39N5O6S. The number of hydrogen-bond donors (Lipinski definition) is 7. The maximum absolute atomic E-state index is 13.6. The van der Waals surface area contributed by atoms with Gasteiger partial charge in [-0.3, -0.25) is 23.2 Å². The molecule has 0 aliphatic carbocycles.